The van der Waals surface area contributed by atoms with Gasteiger partial charge in [0.1, 0.15) is 5.82 Å². The zero-order valence-electron chi connectivity index (χ0n) is 16.9. The Balaban J connectivity index is 0.00000280. The third-order valence-corrected chi connectivity index (χ3v) is 4.78. The molecule has 3 rings (SSSR count). The molecule has 0 bridgehead atoms. The number of piperazine rings is 1. The molecule has 0 amide bonds. The number of aliphatic imine (C=N–C) groups is 1. The highest BCUT2D eigenvalue weighted by molar-refractivity contribution is 14.0. The fourth-order valence-electron chi connectivity index (χ4n) is 3.11. The number of halogens is 1. The highest BCUT2D eigenvalue weighted by Gasteiger charge is 2.17. The van der Waals surface area contributed by atoms with E-state index in [0.29, 0.717) is 13.1 Å². The van der Waals surface area contributed by atoms with Crippen molar-refractivity contribution < 1.29 is 0 Å². The zero-order chi connectivity index (χ0) is 19.1. The number of aromatic nitrogens is 3. The maximum atomic E-state index is 4.77. The van der Waals surface area contributed by atoms with Crippen LogP contribution in [0.4, 0.5) is 5.82 Å². The summed E-state index contributed by atoms with van der Waals surface area (Å²) in [5.41, 5.74) is 2.26. The number of hydrogen-bond donors (Lipinski definition) is 2. The number of nitrogens with zero attached hydrogens (tertiary/aromatic N) is 6. The molecule has 0 unspecified atom stereocenters. The normalized spacial score (nSPS) is 15.2. The fraction of sp³-hybridized carbons (Fsp3) is 0.526. The predicted molar refractivity (Wildman–Crippen MR) is 124 cm³/mol. The van der Waals surface area contributed by atoms with E-state index in [0.717, 1.165) is 55.8 Å². The van der Waals surface area contributed by atoms with Crippen molar-refractivity contribution in [3.8, 4) is 0 Å². The van der Waals surface area contributed by atoms with Crippen molar-refractivity contribution in [1.29, 1.82) is 0 Å². The molecule has 3 heterocycles. The summed E-state index contributed by atoms with van der Waals surface area (Å²) in [6.45, 7) is 8.29. The molecular weight excluding hydrogens is 467 g/mol. The van der Waals surface area contributed by atoms with Crippen molar-refractivity contribution in [3.05, 3.63) is 41.9 Å². The van der Waals surface area contributed by atoms with Gasteiger partial charge in [-0.1, -0.05) is 6.07 Å². The van der Waals surface area contributed by atoms with Crippen molar-refractivity contribution in [2.75, 3.05) is 44.7 Å². The van der Waals surface area contributed by atoms with E-state index in [9.17, 15) is 0 Å². The summed E-state index contributed by atoms with van der Waals surface area (Å²) < 4.78 is 1.86. The molecule has 2 aromatic rings. The maximum absolute atomic E-state index is 4.77. The second kappa shape index (κ2) is 11.2. The molecule has 0 aliphatic carbocycles. The summed E-state index contributed by atoms with van der Waals surface area (Å²) in [6, 6.07) is 6.11. The van der Waals surface area contributed by atoms with E-state index in [2.05, 4.69) is 50.6 Å². The van der Waals surface area contributed by atoms with Crippen LogP contribution in [0.25, 0.3) is 0 Å². The molecule has 154 valence electrons. The third kappa shape index (κ3) is 6.06. The lowest BCUT2D eigenvalue weighted by molar-refractivity contribution is 0.312. The van der Waals surface area contributed by atoms with E-state index in [-0.39, 0.29) is 24.0 Å². The first-order valence-corrected chi connectivity index (χ1v) is 9.54. The molecular formula is C19H31IN8. The van der Waals surface area contributed by atoms with Crippen LogP contribution in [0.1, 0.15) is 18.2 Å². The standard InChI is InChI=1S/C19H30N8.HI/c1-4-20-19(23-15-17-7-9-24-26(17)3)22-14-16-6-5-8-21-18(16)27-12-10-25(2)11-13-27;/h5-9H,4,10-15H2,1-3H3,(H2,20,22,23);1H. The molecule has 2 aromatic heterocycles. The average Bonchev–Trinajstić information content (AvgIpc) is 3.10. The Hall–Kier alpha value is -1.88. The van der Waals surface area contributed by atoms with Gasteiger partial charge in [0.05, 0.1) is 18.8 Å². The molecule has 1 fully saturated rings. The lowest BCUT2D eigenvalue weighted by Crippen LogP contribution is -2.45. The SMILES string of the molecule is CCNC(=NCc1cccnc1N1CCN(C)CC1)NCc1ccnn1C.I. The van der Waals surface area contributed by atoms with E-state index in [1.807, 2.05) is 30.1 Å². The highest BCUT2D eigenvalue weighted by atomic mass is 127. The smallest absolute Gasteiger partial charge is 0.191 e. The van der Waals surface area contributed by atoms with Crippen LogP contribution >= 0.6 is 24.0 Å². The van der Waals surface area contributed by atoms with Gasteiger partial charge >= 0.3 is 0 Å². The molecule has 0 aromatic carbocycles. The highest BCUT2D eigenvalue weighted by Crippen LogP contribution is 2.19. The van der Waals surface area contributed by atoms with Crippen LogP contribution in [0, 0.1) is 0 Å². The molecule has 1 saturated heterocycles. The summed E-state index contributed by atoms with van der Waals surface area (Å²) in [5.74, 6) is 1.85. The summed E-state index contributed by atoms with van der Waals surface area (Å²) in [5, 5.41) is 10.9. The molecule has 0 spiro atoms. The summed E-state index contributed by atoms with van der Waals surface area (Å²) in [4.78, 5) is 14.1. The number of guanidine groups is 1. The van der Waals surface area contributed by atoms with Gasteiger partial charge in [-0.3, -0.25) is 4.68 Å². The molecule has 0 saturated carbocycles. The minimum atomic E-state index is 0. The van der Waals surface area contributed by atoms with Crippen LogP contribution in [0.15, 0.2) is 35.6 Å². The van der Waals surface area contributed by atoms with E-state index in [1.165, 1.54) is 0 Å². The first-order chi connectivity index (χ1) is 13.2. The first-order valence-electron chi connectivity index (χ1n) is 9.54. The van der Waals surface area contributed by atoms with Crippen molar-refractivity contribution in [2.24, 2.45) is 12.0 Å². The molecule has 8 nitrogen and oxygen atoms in total. The van der Waals surface area contributed by atoms with Crippen LogP contribution in [0.2, 0.25) is 0 Å². The second-order valence-electron chi connectivity index (χ2n) is 6.77. The number of nitrogens with one attached hydrogen (secondary N) is 2. The van der Waals surface area contributed by atoms with Gasteiger partial charge in [-0.05, 0) is 26.1 Å². The Morgan fingerprint density at radius 3 is 2.57 bits per heavy atom. The Bertz CT molecular complexity index is 752. The summed E-state index contributed by atoms with van der Waals surface area (Å²) >= 11 is 0. The van der Waals surface area contributed by atoms with Gasteiger partial charge in [-0.25, -0.2) is 9.98 Å². The topological polar surface area (TPSA) is 73.6 Å². The largest absolute Gasteiger partial charge is 0.357 e. The molecule has 2 N–H and O–H groups in total. The Morgan fingerprint density at radius 1 is 1.11 bits per heavy atom. The number of aryl methyl sites for hydroxylation is 1. The predicted octanol–water partition coefficient (Wildman–Crippen LogP) is 1.44. The van der Waals surface area contributed by atoms with Gasteiger partial charge in [0.2, 0.25) is 0 Å². The number of hydrogen-bond acceptors (Lipinski definition) is 5. The van der Waals surface area contributed by atoms with Crippen molar-refractivity contribution in [1.82, 2.24) is 30.3 Å². The van der Waals surface area contributed by atoms with E-state index < -0.39 is 0 Å². The minimum Gasteiger partial charge on any atom is -0.357 e. The van der Waals surface area contributed by atoms with Gasteiger partial charge < -0.3 is 20.4 Å². The van der Waals surface area contributed by atoms with Gasteiger partial charge in [0.25, 0.3) is 0 Å². The number of pyridine rings is 1. The zero-order valence-corrected chi connectivity index (χ0v) is 19.3. The second-order valence-corrected chi connectivity index (χ2v) is 6.77. The van der Waals surface area contributed by atoms with Crippen LogP contribution in [-0.4, -0.2) is 65.4 Å². The Kier molecular flexibility index (Phi) is 8.97. The van der Waals surface area contributed by atoms with Gasteiger partial charge in [-0.2, -0.15) is 5.10 Å². The van der Waals surface area contributed by atoms with Crippen molar-refractivity contribution in [2.45, 2.75) is 20.0 Å². The average molecular weight is 498 g/mol. The quantitative estimate of drug-likeness (QED) is 0.357. The van der Waals surface area contributed by atoms with Crippen LogP contribution in [-0.2, 0) is 20.1 Å². The molecule has 1 aliphatic heterocycles. The lowest BCUT2D eigenvalue weighted by Gasteiger charge is -2.34. The van der Waals surface area contributed by atoms with Crippen LogP contribution < -0.4 is 15.5 Å². The molecule has 1 aliphatic rings. The van der Waals surface area contributed by atoms with Crippen molar-refractivity contribution in [3.63, 3.8) is 0 Å². The number of anilines is 1. The fourth-order valence-corrected chi connectivity index (χ4v) is 3.11. The molecule has 9 heteroatoms. The number of rotatable bonds is 6. The summed E-state index contributed by atoms with van der Waals surface area (Å²) in [6.07, 6.45) is 3.67. The van der Waals surface area contributed by atoms with Crippen molar-refractivity contribution >= 4 is 35.8 Å². The number of likely N-dealkylation sites (N-methyl/N-ethyl adjacent to an activating group) is 1. The maximum Gasteiger partial charge on any atom is 0.191 e. The van der Waals surface area contributed by atoms with Crippen LogP contribution in [0.3, 0.4) is 0 Å². The molecule has 0 atom stereocenters. The van der Waals surface area contributed by atoms with Gasteiger partial charge in [0, 0.05) is 57.7 Å². The monoisotopic (exact) mass is 498 g/mol. The van der Waals surface area contributed by atoms with Gasteiger partial charge in [-0.15, -0.1) is 24.0 Å². The van der Waals surface area contributed by atoms with E-state index >= 15 is 0 Å². The Morgan fingerprint density at radius 2 is 1.89 bits per heavy atom. The lowest BCUT2D eigenvalue weighted by atomic mass is 10.2. The van der Waals surface area contributed by atoms with E-state index in [4.69, 9.17) is 4.99 Å². The van der Waals surface area contributed by atoms with E-state index in [1.54, 1.807) is 6.20 Å². The third-order valence-electron chi connectivity index (χ3n) is 4.78. The van der Waals surface area contributed by atoms with Crippen LogP contribution in [0.5, 0.6) is 0 Å². The molecule has 0 radical (unpaired) electrons. The minimum absolute atomic E-state index is 0. The summed E-state index contributed by atoms with van der Waals surface area (Å²) in [7, 11) is 4.11. The van der Waals surface area contributed by atoms with Gasteiger partial charge in [0.15, 0.2) is 5.96 Å². The molecule has 28 heavy (non-hydrogen) atoms. The Labute approximate surface area is 184 Å². The first kappa shape index (κ1) is 22.4.